The van der Waals surface area contributed by atoms with E-state index in [1.165, 1.54) is 18.4 Å². The van der Waals surface area contributed by atoms with E-state index in [2.05, 4.69) is 5.32 Å². The first kappa shape index (κ1) is 16.2. The highest BCUT2D eigenvalue weighted by Crippen LogP contribution is 2.20. The Kier molecular flexibility index (Phi) is 4.92. The van der Waals surface area contributed by atoms with Crippen LogP contribution in [0.25, 0.3) is 0 Å². The number of carbonyl (C=O) groups is 1. The van der Waals surface area contributed by atoms with E-state index in [0.717, 1.165) is 12.1 Å². The lowest BCUT2D eigenvalue weighted by Crippen LogP contribution is -2.13. The quantitative estimate of drug-likeness (QED) is 0.884. The molecule has 0 spiro atoms. The highest BCUT2D eigenvalue weighted by molar-refractivity contribution is 7.91. The van der Waals surface area contributed by atoms with Gasteiger partial charge in [-0.2, -0.15) is 8.78 Å². The van der Waals surface area contributed by atoms with Crippen molar-refractivity contribution >= 4 is 21.4 Å². The number of furan rings is 1. The van der Waals surface area contributed by atoms with Gasteiger partial charge in [0.05, 0.1) is 11.2 Å². The molecule has 1 N–H and O–H groups in total. The second kappa shape index (κ2) is 6.69. The van der Waals surface area contributed by atoms with Crippen LogP contribution in [0.15, 0.2) is 52.0 Å². The Balaban J connectivity index is 1.95. The smallest absolute Gasteiger partial charge is 0.341 e. The molecule has 0 saturated carbocycles. The van der Waals surface area contributed by atoms with Gasteiger partial charge in [0, 0.05) is 18.5 Å². The van der Waals surface area contributed by atoms with E-state index in [1.807, 2.05) is 0 Å². The molecule has 2 aromatic rings. The SMILES string of the molecule is O=C(CCc1ccco1)Nc1ccc(S(=O)(=O)C(F)F)cc1. The summed E-state index contributed by atoms with van der Waals surface area (Å²) in [5.41, 5.74) is 0.331. The topological polar surface area (TPSA) is 76.4 Å². The first-order valence-electron chi connectivity index (χ1n) is 6.34. The summed E-state index contributed by atoms with van der Waals surface area (Å²) in [6.07, 6.45) is 2.12. The maximum Gasteiger partial charge on any atom is 0.341 e. The van der Waals surface area contributed by atoms with Crippen molar-refractivity contribution in [1.82, 2.24) is 0 Å². The molecular formula is C14H13F2NO4S. The molecule has 0 fully saturated rings. The number of benzene rings is 1. The number of rotatable bonds is 6. The summed E-state index contributed by atoms with van der Waals surface area (Å²) in [6, 6.07) is 8.06. The summed E-state index contributed by atoms with van der Waals surface area (Å²) in [7, 11) is -4.62. The van der Waals surface area contributed by atoms with E-state index in [9.17, 15) is 22.0 Å². The fraction of sp³-hybridized carbons (Fsp3) is 0.214. The average Bonchev–Trinajstić information content (AvgIpc) is 2.99. The van der Waals surface area contributed by atoms with Crippen LogP contribution in [0.1, 0.15) is 12.2 Å². The van der Waals surface area contributed by atoms with Crippen molar-refractivity contribution < 1.29 is 26.4 Å². The number of alkyl halides is 2. The van der Waals surface area contributed by atoms with Crippen molar-refractivity contribution in [2.75, 3.05) is 5.32 Å². The van der Waals surface area contributed by atoms with Crippen molar-refractivity contribution in [1.29, 1.82) is 0 Å². The maximum absolute atomic E-state index is 12.4. The number of amides is 1. The molecule has 0 aliphatic rings. The zero-order valence-corrected chi connectivity index (χ0v) is 12.1. The molecule has 0 aliphatic heterocycles. The van der Waals surface area contributed by atoms with Gasteiger partial charge in [-0.1, -0.05) is 0 Å². The largest absolute Gasteiger partial charge is 0.469 e. The van der Waals surface area contributed by atoms with Crippen LogP contribution in [-0.4, -0.2) is 20.1 Å². The summed E-state index contributed by atoms with van der Waals surface area (Å²) in [5.74, 6) is -3.09. The van der Waals surface area contributed by atoms with E-state index in [1.54, 1.807) is 12.1 Å². The monoisotopic (exact) mass is 329 g/mol. The Hall–Kier alpha value is -2.22. The number of halogens is 2. The molecular weight excluding hydrogens is 316 g/mol. The zero-order valence-electron chi connectivity index (χ0n) is 11.3. The van der Waals surface area contributed by atoms with Crippen molar-refractivity contribution in [3.8, 4) is 0 Å². The van der Waals surface area contributed by atoms with Crippen LogP contribution < -0.4 is 5.32 Å². The van der Waals surface area contributed by atoms with Crippen LogP contribution in [0.2, 0.25) is 0 Å². The van der Waals surface area contributed by atoms with E-state index in [0.29, 0.717) is 17.9 Å². The van der Waals surface area contributed by atoms with Crippen molar-refractivity contribution in [3.05, 3.63) is 48.4 Å². The lowest BCUT2D eigenvalue weighted by molar-refractivity contribution is -0.116. The maximum atomic E-state index is 12.4. The predicted molar refractivity (Wildman–Crippen MR) is 75.3 cm³/mol. The molecule has 1 aromatic heterocycles. The summed E-state index contributed by atoms with van der Waals surface area (Å²) >= 11 is 0. The average molecular weight is 329 g/mol. The second-order valence-corrected chi connectivity index (χ2v) is 6.38. The summed E-state index contributed by atoms with van der Waals surface area (Å²) in [6.45, 7) is 0. The lowest BCUT2D eigenvalue weighted by Gasteiger charge is -2.06. The molecule has 0 atom stereocenters. The predicted octanol–water partition coefficient (Wildman–Crippen LogP) is 2.85. The minimum absolute atomic E-state index is 0.185. The Morgan fingerprint density at radius 2 is 1.86 bits per heavy atom. The zero-order chi connectivity index (χ0) is 16.2. The first-order valence-corrected chi connectivity index (χ1v) is 7.88. The van der Waals surface area contributed by atoms with E-state index in [-0.39, 0.29) is 12.3 Å². The van der Waals surface area contributed by atoms with Crippen LogP contribution in [0.4, 0.5) is 14.5 Å². The van der Waals surface area contributed by atoms with Gasteiger partial charge in [-0.15, -0.1) is 0 Å². The van der Waals surface area contributed by atoms with Crippen LogP contribution >= 0.6 is 0 Å². The van der Waals surface area contributed by atoms with Crippen molar-refractivity contribution in [3.63, 3.8) is 0 Å². The van der Waals surface area contributed by atoms with E-state index >= 15 is 0 Å². The molecule has 0 bridgehead atoms. The molecule has 8 heteroatoms. The van der Waals surface area contributed by atoms with Gasteiger partial charge in [0.2, 0.25) is 15.7 Å². The molecule has 0 unspecified atom stereocenters. The third-order valence-electron chi connectivity index (χ3n) is 2.88. The Morgan fingerprint density at radius 1 is 1.18 bits per heavy atom. The van der Waals surface area contributed by atoms with Gasteiger partial charge in [0.15, 0.2) is 0 Å². The number of aryl methyl sites for hydroxylation is 1. The van der Waals surface area contributed by atoms with E-state index < -0.39 is 20.5 Å². The van der Waals surface area contributed by atoms with Gasteiger partial charge in [0.1, 0.15) is 5.76 Å². The first-order chi connectivity index (χ1) is 10.4. The molecule has 1 heterocycles. The van der Waals surface area contributed by atoms with Gasteiger partial charge in [-0.05, 0) is 36.4 Å². The van der Waals surface area contributed by atoms with Crippen LogP contribution in [0, 0.1) is 0 Å². The normalized spacial score (nSPS) is 11.6. The summed E-state index contributed by atoms with van der Waals surface area (Å²) < 4.78 is 52.3. The van der Waals surface area contributed by atoms with Gasteiger partial charge in [0.25, 0.3) is 0 Å². The Morgan fingerprint density at radius 3 is 2.41 bits per heavy atom. The molecule has 1 amide bonds. The molecule has 5 nitrogen and oxygen atoms in total. The number of hydrogen-bond acceptors (Lipinski definition) is 4. The Labute approximate surface area is 125 Å². The molecule has 1 aromatic carbocycles. The van der Waals surface area contributed by atoms with Crippen molar-refractivity contribution in [2.24, 2.45) is 0 Å². The third-order valence-corrected chi connectivity index (χ3v) is 4.28. The van der Waals surface area contributed by atoms with Gasteiger partial charge in [-0.3, -0.25) is 4.79 Å². The highest BCUT2D eigenvalue weighted by Gasteiger charge is 2.26. The number of sulfone groups is 1. The number of anilines is 1. The summed E-state index contributed by atoms with van der Waals surface area (Å²) in [4.78, 5) is 11.2. The fourth-order valence-electron chi connectivity index (χ4n) is 1.75. The number of hydrogen-bond donors (Lipinski definition) is 1. The molecule has 0 saturated heterocycles. The second-order valence-electron chi connectivity index (χ2n) is 4.46. The number of carbonyl (C=O) groups excluding carboxylic acids is 1. The van der Waals surface area contributed by atoms with Crippen LogP contribution in [-0.2, 0) is 21.1 Å². The fourth-order valence-corrected chi connectivity index (χ4v) is 2.47. The van der Waals surface area contributed by atoms with Gasteiger partial charge in [-0.25, -0.2) is 8.42 Å². The van der Waals surface area contributed by atoms with Gasteiger partial charge >= 0.3 is 5.76 Å². The van der Waals surface area contributed by atoms with Crippen LogP contribution in [0.5, 0.6) is 0 Å². The lowest BCUT2D eigenvalue weighted by atomic mass is 10.2. The minimum atomic E-state index is -4.62. The standard InChI is InChI=1S/C14H13F2NO4S/c15-14(16)22(19,20)12-6-3-10(4-7-12)17-13(18)8-5-11-2-1-9-21-11/h1-4,6-7,9,14H,5,8H2,(H,17,18). The highest BCUT2D eigenvalue weighted by atomic mass is 32.2. The molecule has 118 valence electrons. The summed E-state index contributed by atoms with van der Waals surface area (Å²) in [5, 5.41) is 2.55. The number of nitrogens with one attached hydrogen (secondary N) is 1. The van der Waals surface area contributed by atoms with E-state index in [4.69, 9.17) is 4.42 Å². The van der Waals surface area contributed by atoms with Crippen molar-refractivity contribution in [2.45, 2.75) is 23.5 Å². The van der Waals surface area contributed by atoms with Crippen LogP contribution in [0.3, 0.4) is 0 Å². The minimum Gasteiger partial charge on any atom is -0.469 e. The molecule has 2 rings (SSSR count). The Bertz CT molecular complexity index is 725. The molecule has 0 radical (unpaired) electrons. The third kappa shape index (κ3) is 3.91. The molecule has 22 heavy (non-hydrogen) atoms. The molecule has 0 aliphatic carbocycles. The van der Waals surface area contributed by atoms with Gasteiger partial charge < -0.3 is 9.73 Å².